The molecule has 1 rings (SSSR count). The Labute approximate surface area is 106 Å². The zero-order chi connectivity index (χ0) is 13.5. The Bertz CT molecular complexity index is 330. The first kappa shape index (κ1) is 14.6. The molecular weight excluding hydrogens is 236 g/mol. The van der Waals surface area contributed by atoms with Gasteiger partial charge in [0, 0.05) is 12.8 Å². The fraction of sp³-hybridized carbons (Fsp3) is 0.750. The lowest BCUT2D eigenvalue weighted by molar-refractivity contribution is -0.149. The first-order valence-corrected chi connectivity index (χ1v) is 6.31. The molecule has 2 N–H and O–H groups in total. The van der Waals surface area contributed by atoms with Crippen LogP contribution in [0.2, 0.25) is 0 Å². The van der Waals surface area contributed by atoms with E-state index in [1.165, 1.54) is 0 Å². The summed E-state index contributed by atoms with van der Waals surface area (Å²) in [6.07, 6.45) is 3.34. The summed E-state index contributed by atoms with van der Waals surface area (Å²) in [7, 11) is 0. The van der Waals surface area contributed by atoms with Crippen LogP contribution in [0.15, 0.2) is 0 Å². The van der Waals surface area contributed by atoms with Gasteiger partial charge >= 0.3 is 5.97 Å². The Hall–Kier alpha value is -1.43. The van der Waals surface area contributed by atoms with Crippen molar-refractivity contribution >= 4 is 17.7 Å². The zero-order valence-electron chi connectivity index (χ0n) is 10.7. The van der Waals surface area contributed by atoms with Crippen molar-refractivity contribution in [3.63, 3.8) is 0 Å². The van der Waals surface area contributed by atoms with E-state index < -0.39 is 17.9 Å². The third-order valence-electron chi connectivity index (χ3n) is 2.94. The van der Waals surface area contributed by atoms with Crippen molar-refractivity contribution in [3.8, 4) is 0 Å². The number of ether oxygens (including phenoxy) is 1. The van der Waals surface area contributed by atoms with Gasteiger partial charge in [-0.15, -0.1) is 0 Å². The van der Waals surface area contributed by atoms with Crippen LogP contribution >= 0.6 is 0 Å². The molecule has 1 aliphatic heterocycles. The number of ketones is 1. The Morgan fingerprint density at radius 2 is 2.17 bits per heavy atom. The maximum absolute atomic E-state index is 11.7. The first-order chi connectivity index (χ1) is 8.56. The number of amides is 1. The molecule has 1 aliphatic rings. The number of hydrogen-bond acceptors (Lipinski definition) is 5. The van der Waals surface area contributed by atoms with Gasteiger partial charge in [-0.05, 0) is 6.42 Å². The molecule has 0 spiro atoms. The van der Waals surface area contributed by atoms with E-state index in [2.05, 4.69) is 0 Å². The Morgan fingerprint density at radius 1 is 1.44 bits per heavy atom. The minimum absolute atomic E-state index is 0.129. The predicted molar refractivity (Wildman–Crippen MR) is 64.2 cm³/mol. The van der Waals surface area contributed by atoms with Crippen LogP contribution in [0.25, 0.3) is 0 Å². The number of unbranched alkanes of at least 4 members (excludes halogenated alkanes) is 2. The summed E-state index contributed by atoms with van der Waals surface area (Å²) in [6.45, 7) is 2.32. The van der Waals surface area contributed by atoms with Gasteiger partial charge in [0.1, 0.15) is 11.8 Å². The summed E-state index contributed by atoms with van der Waals surface area (Å²) in [4.78, 5) is 34.4. The maximum Gasteiger partial charge on any atom is 0.330 e. The molecule has 1 unspecified atom stereocenters. The van der Waals surface area contributed by atoms with Gasteiger partial charge in [-0.2, -0.15) is 0 Å². The molecule has 1 fully saturated rings. The second-order valence-corrected chi connectivity index (χ2v) is 4.45. The molecule has 0 aromatic carbocycles. The van der Waals surface area contributed by atoms with Gasteiger partial charge in [-0.3, -0.25) is 14.6 Å². The molecule has 6 heteroatoms. The van der Waals surface area contributed by atoms with Crippen LogP contribution in [0, 0.1) is 0 Å². The molecule has 0 radical (unpaired) electrons. The average molecular weight is 256 g/mol. The van der Waals surface area contributed by atoms with Crippen LogP contribution in [0.3, 0.4) is 0 Å². The van der Waals surface area contributed by atoms with Crippen LogP contribution < -0.4 is 5.84 Å². The van der Waals surface area contributed by atoms with Crippen molar-refractivity contribution < 1.29 is 19.1 Å². The van der Waals surface area contributed by atoms with E-state index in [-0.39, 0.29) is 18.8 Å². The minimum Gasteiger partial charge on any atom is -0.464 e. The molecule has 6 nitrogen and oxygen atoms in total. The van der Waals surface area contributed by atoms with E-state index in [1.54, 1.807) is 0 Å². The largest absolute Gasteiger partial charge is 0.464 e. The molecule has 1 atom stereocenters. The highest BCUT2D eigenvalue weighted by Gasteiger charge is 2.34. The number of nitrogens with two attached hydrogens (primary N) is 1. The van der Waals surface area contributed by atoms with Gasteiger partial charge < -0.3 is 4.74 Å². The van der Waals surface area contributed by atoms with E-state index in [0.29, 0.717) is 12.8 Å². The van der Waals surface area contributed by atoms with Crippen LogP contribution in [0.5, 0.6) is 0 Å². The molecule has 0 saturated carbocycles. The molecule has 0 aliphatic carbocycles. The van der Waals surface area contributed by atoms with Gasteiger partial charge in [-0.25, -0.2) is 10.6 Å². The van der Waals surface area contributed by atoms with Crippen LogP contribution in [0.1, 0.15) is 45.4 Å². The second-order valence-electron chi connectivity index (χ2n) is 4.45. The molecule has 18 heavy (non-hydrogen) atoms. The molecule has 1 heterocycles. The summed E-state index contributed by atoms with van der Waals surface area (Å²) in [6, 6.07) is -0.735. The van der Waals surface area contributed by atoms with Crippen LogP contribution in [-0.4, -0.2) is 35.3 Å². The molecule has 0 bridgehead atoms. The van der Waals surface area contributed by atoms with E-state index in [1.807, 2.05) is 6.92 Å². The van der Waals surface area contributed by atoms with Gasteiger partial charge in [-0.1, -0.05) is 19.8 Å². The van der Waals surface area contributed by atoms with Crippen LogP contribution in [-0.2, 0) is 19.1 Å². The van der Waals surface area contributed by atoms with Crippen molar-refractivity contribution in [2.45, 2.75) is 51.5 Å². The van der Waals surface area contributed by atoms with Gasteiger partial charge in [0.15, 0.2) is 0 Å². The van der Waals surface area contributed by atoms with Crippen molar-refractivity contribution in [1.29, 1.82) is 0 Å². The molecule has 0 aromatic heterocycles. The predicted octanol–water partition coefficient (Wildman–Crippen LogP) is 0.544. The smallest absolute Gasteiger partial charge is 0.330 e. The van der Waals surface area contributed by atoms with Gasteiger partial charge in [0.25, 0.3) is 0 Å². The topological polar surface area (TPSA) is 89.7 Å². The van der Waals surface area contributed by atoms with E-state index in [9.17, 15) is 14.4 Å². The van der Waals surface area contributed by atoms with Crippen LogP contribution in [0.4, 0.5) is 0 Å². The highest BCUT2D eigenvalue weighted by atomic mass is 16.5. The SMILES string of the molecule is CCCCCC(=O)CC(=O)N(N)C1CCOC1=O. The quantitative estimate of drug-likeness (QED) is 0.179. The number of carbonyl (C=O) groups is 3. The van der Waals surface area contributed by atoms with Gasteiger partial charge in [0.2, 0.25) is 5.91 Å². The molecule has 0 aromatic rings. The Morgan fingerprint density at radius 3 is 2.72 bits per heavy atom. The first-order valence-electron chi connectivity index (χ1n) is 6.31. The number of rotatable bonds is 7. The summed E-state index contributed by atoms with van der Waals surface area (Å²) in [5.74, 6) is 4.41. The van der Waals surface area contributed by atoms with Crippen molar-refractivity contribution in [2.24, 2.45) is 5.84 Å². The second kappa shape index (κ2) is 7.10. The number of cyclic esters (lactones) is 1. The number of carbonyl (C=O) groups excluding carboxylic acids is 3. The normalized spacial score (nSPS) is 18.6. The lowest BCUT2D eigenvalue weighted by atomic mass is 10.1. The molecule has 1 amide bonds. The molecule has 1 saturated heterocycles. The number of Topliss-reactive ketones (excluding diaryl/α,β-unsaturated/α-hetero) is 1. The highest BCUT2D eigenvalue weighted by Crippen LogP contribution is 2.12. The maximum atomic E-state index is 11.7. The van der Waals surface area contributed by atoms with E-state index in [4.69, 9.17) is 10.6 Å². The van der Waals surface area contributed by atoms with Crippen molar-refractivity contribution in [3.05, 3.63) is 0 Å². The molecular formula is C12H20N2O4. The lowest BCUT2D eigenvalue weighted by Gasteiger charge is -2.20. The third-order valence-corrected chi connectivity index (χ3v) is 2.94. The summed E-state index contributed by atoms with van der Waals surface area (Å²) in [5, 5.41) is 0.840. The number of esters is 1. The number of nitrogens with zero attached hydrogens (tertiary/aromatic N) is 1. The van der Waals surface area contributed by atoms with Gasteiger partial charge in [0.05, 0.1) is 13.0 Å². The van der Waals surface area contributed by atoms with Crippen molar-refractivity contribution in [1.82, 2.24) is 5.01 Å². The van der Waals surface area contributed by atoms with Crippen molar-refractivity contribution in [2.75, 3.05) is 6.61 Å². The lowest BCUT2D eigenvalue weighted by Crippen LogP contribution is -2.48. The fourth-order valence-electron chi connectivity index (χ4n) is 1.83. The number of hydrogen-bond donors (Lipinski definition) is 1. The highest BCUT2D eigenvalue weighted by molar-refractivity contribution is 5.99. The monoisotopic (exact) mass is 256 g/mol. The zero-order valence-corrected chi connectivity index (χ0v) is 10.7. The van der Waals surface area contributed by atoms with E-state index in [0.717, 1.165) is 24.3 Å². The summed E-state index contributed by atoms with van der Waals surface area (Å²) < 4.78 is 4.72. The summed E-state index contributed by atoms with van der Waals surface area (Å²) >= 11 is 0. The Balaban J connectivity index is 2.35. The standard InChI is InChI=1S/C12H20N2O4/c1-2-3-4-5-9(15)8-11(16)14(13)10-6-7-18-12(10)17/h10H,2-8,13H2,1H3. The summed E-state index contributed by atoms with van der Waals surface area (Å²) in [5.41, 5.74) is 0. The number of hydrazine groups is 1. The average Bonchev–Trinajstić information content (AvgIpc) is 2.74. The Kier molecular flexibility index (Phi) is 5.77. The minimum atomic E-state index is -0.735. The van der Waals surface area contributed by atoms with E-state index >= 15 is 0 Å². The third kappa shape index (κ3) is 4.10. The fourth-order valence-corrected chi connectivity index (χ4v) is 1.83. The molecule has 102 valence electrons.